The summed E-state index contributed by atoms with van der Waals surface area (Å²) in [5.41, 5.74) is 4.02. The Morgan fingerprint density at radius 2 is 1.82 bits per heavy atom. The summed E-state index contributed by atoms with van der Waals surface area (Å²) < 4.78 is 27.4. The number of aliphatic hydroxyl groups is 1. The second-order valence-electron chi connectivity index (χ2n) is 8.86. The van der Waals surface area contributed by atoms with Gasteiger partial charge in [-0.2, -0.15) is 0 Å². The molecule has 0 radical (unpaired) electrons. The first-order valence-electron chi connectivity index (χ1n) is 11.7. The number of amides is 1. The van der Waals surface area contributed by atoms with E-state index in [2.05, 4.69) is 35.8 Å². The van der Waals surface area contributed by atoms with Gasteiger partial charge in [0.15, 0.2) is 0 Å². The SMILES string of the molecule is CCc1ccc2c(c1)[C@@H](NC[C@H](O)[C@H](Cc1cc(F)cc(F)c1)NC(=O)CCC(=O)O)CCC2. The molecule has 6 nitrogen and oxygen atoms in total. The minimum absolute atomic E-state index is 0.00241. The fourth-order valence-corrected chi connectivity index (χ4v) is 4.45. The third kappa shape index (κ3) is 7.33. The number of carboxylic acids is 1. The van der Waals surface area contributed by atoms with Crippen molar-refractivity contribution in [1.29, 1.82) is 0 Å². The fraction of sp³-hybridized carbons (Fsp3) is 0.462. The highest BCUT2D eigenvalue weighted by molar-refractivity contribution is 5.80. The molecule has 34 heavy (non-hydrogen) atoms. The molecule has 8 heteroatoms. The number of nitrogens with one attached hydrogen (secondary N) is 2. The maximum atomic E-state index is 13.7. The fourth-order valence-electron chi connectivity index (χ4n) is 4.45. The Balaban J connectivity index is 1.71. The van der Waals surface area contributed by atoms with Gasteiger partial charge in [-0.1, -0.05) is 25.1 Å². The van der Waals surface area contributed by atoms with Crippen molar-refractivity contribution in [3.63, 3.8) is 0 Å². The van der Waals surface area contributed by atoms with Crippen LogP contribution in [0.1, 0.15) is 60.9 Å². The zero-order valence-electron chi connectivity index (χ0n) is 19.3. The second-order valence-corrected chi connectivity index (χ2v) is 8.86. The van der Waals surface area contributed by atoms with E-state index in [0.717, 1.165) is 43.9 Å². The van der Waals surface area contributed by atoms with Crippen molar-refractivity contribution >= 4 is 11.9 Å². The van der Waals surface area contributed by atoms with Crippen LogP contribution >= 0.6 is 0 Å². The molecule has 2 aromatic carbocycles. The predicted molar refractivity (Wildman–Crippen MR) is 124 cm³/mol. The average molecular weight is 475 g/mol. The van der Waals surface area contributed by atoms with Crippen molar-refractivity contribution in [3.8, 4) is 0 Å². The number of fused-ring (bicyclic) bond motifs is 1. The van der Waals surface area contributed by atoms with Crippen molar-refractivity contribution in [3.05, 3.63) is 70.3 Å². The summed E-state index contributed by atoms with van der Waals surface area (Å²) in [6.45, 7) is 2.26. The van der Waals surface area contributed by atoms with E-state index in [1.54, 1.807) is 0 Å². The minimum atomic E-state index is -1.11. The van der Waals surface area contributed by atoms with Gasteiger partial charge < -0.3 is 20.8 Å². The highest BCUT2D eigenvalue weighted by atomic mass is 19.1. The van der Waals surface area contributed by atoms with Crippen molar-refractivity contribution in [1.82, 2.24) is 10.6 Å². The molecule has 4 N–H and O–H groups in total. The van der Waals surface area contributed by atoms with Crippen LogP contribution in [0.4, 0.5) is 8.78 Å². The third-order valence-corrected chi connectivity index (χ3v) is 6.26. The Morgan fingerprint density at radius 1 is 1.09 bits per heavy atom. The number of rotatable bonds is 11. The van der Waals surface area contributed by atoms with Gasteiger partial charge in [0, 0.05) is 25.1 Å². The Kier molecular flexibility index (Phi) is 9.12. The molecule has 2 aromatic rings. The quantitative estimate of drug-likeness (QED) is 0.400. The molecular formula is C26H32F2N2O4. The van der Waals surface area contributed by atoms with Gasteiger partial charge in [0.25, 0.3) is 0 Å². The molecule has 0 saturated heterocycles. The molecule has 3 atom stereocenters. The molecule has 0 aromatic heterocycles. The van der Waals surface area contributed by atoms with Crippen molar-refractivity contribution < 1.29 is 28.6 Å². The van der Waals surface area contributed by atoms with Crippen LogP contribution in [0.2, 0.25) is 0 Å². The number of carbonyl (C=O) groups excluding carboxylic acids is 1. The van der Waals surface area contributed by atoms with Crippen LogP contribution in [0.5, 0.6) is 0 Å². The lowest BCUT2D eigenvalue weighted by Crippen LogP contribution is -2.49. The lowest BCUT2D eigenvalue weighted by atomic mass is 9.86. The number of carboxylic acid groups (broad SMARTS) is 1. The summed E-state index contributed by atoms with van der Waals surface area (Å²) in [6, 6.07) is 8.76. The van der Waals surface area contributed by atoms with Gasteiger partial charge in [0.2, 0.25) is 5.91 Å². The highest BCUT2D eigenvalue weighted by Crippen LogP contribution is 2.30. The van der Waals surface area contributed by atoms with Crippen molar-refractivity contribution in [2.24, 2.45) is 0 Å². The smallest absolute Gasteiger partial charge is 0.303 e. The number of hydrogen-bond acceptors (Lipinski definition) is 4. The molecule has 0 bridgehead atoms. The summed E-state index contributed by atoms with van der Waals surface area (Å²) in [5, 5.41) is 25.8. The van der Waals surface area contributed by atoms with Crippen LogP contribution in [-0.4, -0.2) is 40.8 Å². The molecule has 3 rings (SSSR count). The number of halogens is 2. The molecule has 1 amide bonds. The molecule has 0 fully saturated rings. The number of aliphatic carboxylic acids is 1. The van der Waals surface area contributed by atoms with Crippen LogP contribution in [-0.2, 0) is 28.9 Å². The molecule has 0 aliphatic heterocycles. The molecule has 1 aliphatic rings. The number of aliphatic hydroxyl groups excluding tert-OH is 1. The highest BCUT2D eigenvalue weighted by Gasteiger charge is 2.26. The maximum absolute atomic E-state index is 13.7. The molecular weight excluding hydrogens is 442 g/mol. The molecule has 0 spiro atoms. The standard InChI is InChI=1S/C26H32F2N2O4/c1-2-16-6-7-18-4-3-5-22(21(18)12-16)29-15-24(31)23(30-25(32)8-9-26(33)34)13-17-10-19(27)14-20(28)11-17/h6-7,10-12,14,22-24,29,31H,2-5,8-9,13,15H2,1H3,(H,30,32)(H,33,34)/t22-,23-,24-/m0/s1. The van der Waals surface area contributed by atoms with Gasteiger partial charge in [0.1, 0.15) is 11.6 Å². The minimum Gasteiger partial charge on any atom is -0.481 e. The molecule has 0 heterocycles. The zero-order valence-corrected chi connectivity index (χ0v) is 19.3. The number of hydrogen-bond donors (Lipinski definition) is 4. The summed E-state index contributed by atoms with van der Waals surface area (Å²) in [4.78, 5) is 23.1. The monoisotopic (exact) mass is 474 g/mol. The van der Waals surface area contributed by atoms with Crippen molar-refractivity contribution in [2.45, 2.75) is 70.1 Å². The normalized spacial score (nSPS) is 17.0. The van der Waals surface area contributed by atoms with E-state index in [0.29, 0.717) is 0 Å². The Morgan fingerprint density at radius 3 is 2.50 bits per heavy atom. The Labute approximate surface area is 198 Å². The van der Waals surface area contributed by atoms with Gasteiger partial charge in [-0.05, 0) is 66.5 Å². The lowest BCUT2D eigenvalue weighted by Gasteiger charge is -2.30. The van der Waals surface area contributed by atoms with E-state index < -0.39 is 35.7 Å². The molecule has 184 valence electrons. The Bertz CT molecular complexity index is 994. The van der Waals surface area contributed by atoms with Crippen LogP contribution in [0, 0.1) is 11.6 Å². The second kappa shape index (κ2) is 12.0. The van der Waals surface area contributed by atoms with Gasteiger partial charge in [-0.25, -0.2) is 8.78 Å². The van der Waals surface area contributed by atoms with Crippen molar-refractivity contribution in [2.75, 3.05) is 6.54 Å². The van der Waals surface area contributed by atoms with Gasteiger partial charge in [-0.3, -0.25) is 9.59 Å². The van der Waals surface area contributed by atoms with Gasteiger partial charge >= 0.3 is 5.97 Å². The van der Waals surface area contributed by atoms with Crippen LogP contribution in [0.3, 0.4) is 0 Å². The first-order chi connectivity index (χ1) is 16.2. The number of benzene rings is 2. The van der Waals surface area contributed by atoms with E-state index >= 15 is 0 Å². The largest absolute Gasteiger partial charge is 0.481 e. The van der Waals surface area contributed by atoms with E-state index in [4.69, 9.17) is 5.11 Å². The first kappa shape index (κ1) is 25.8. The lowest BCUT2D eigenvalue weighted by molar-refractivity contribution is -0.139. The third-order valence-electron chi connectivity index (χ3n) is 6.26. The topological polar surface area (TPSA) is 98.7 Å². The maximum Gasteiger partial charge on any atom is 0.303 e. The van der Waals surface area contributed by atoms with Crippen LogP contribution < -0.4 is 10.6 Å². The van der Waals surface area contributed by atoms with Gasteiger partial charge in [-0.15, -0.1) is 0 Å². The van der Waals surface area contributed by atoms with Crippen LogP contribution in [0.15, 0.2) is 36.4 Å². The average Bonchev–Trinajstić information content (AvgIpc) is 2.79. The first-order valence-corrected chi connectivity index (χ1v) is 11.7. The van der Waals surface area contributed by atoms with E-state index in [9.17, 15) is 23.5 Å². The van der Waals surface area contributed by atoms with Crippen LogP contribution in [0.25, 0.3) is 0 Å². The van der Waals surface area contributed by atoms with E-state index in [1.165, 1.54) is 16.7 Å². The Hall–Kier alpha value is -2.84. The summed E-state index contributed by atoms with van der Waals surface area (Å²) in [7, 11) is 0. The molecule has 0 unspecified atom stereocenters. The number of carbonyl (C=O) groups is 2. The number of aryl methyl sites for hydroxylation is 2. The summed E-state index contributed by atoms with van der Waals surface area (Å²) >= 11 is 0. The molecule has 1 aliphatic carbocycles. The van der Waals surface area contributed by atoms with E-state index in [-0.39, 0.29) is 37.4 Å². The zero-order chi connectivity index (χ0) is 24.7. The summed E-state index contributed by atoms with van der Waals surface area (Å²) in [6.07, 6.45) is 2.21. The summed E-state index contributed by atoms with van der Waals surface area (Å²) in [5.74, 6) is -3.14. The van der Waals surface area contributed by atoms with E-state index in [1.807, 2.05) is 0 Å². The van der Waals surface area contributed by atoms with Gasteiger partial charge in [0.05, 0.1) is 18.6 Å². The predicted octanol–water partition coefficient (Wildman–Crippen LogP) is 3.45. The molecule has 0 saturated carbocycles.